The van der Waals surface area contributed by atoms with Gasteiger partial charge in [-0.25, -0.2) is 12.7 Å². The van der Waals surface area contributed by atoms with E-state index in [0.29, 0.717) is 13.1 Å². The van der Waals surface area contributed by atoms with Crippen LogP contribution in [0.4, 0.5) is 0 Å². The van der Waals surface area contributed by atoms with Gasteiger partial charge in [0.2, 0.25) is 10.0 Å². The molecule has 0 aliphatic carbocycles. The van der Waals surface area contributed by atoms with Gasteiger partial charge >= 0.3 is 0 Å². The predicted molar refractivity (Wildman–Crippen MR) is 85.9 cm³/mol. The van der Waals surface area contributed by atoms with Crippen molar-refractivity contribution in [3.63, 3.8) is 0 Å². The SMILES string of the molecule is CCCCS(=O)(=O)N1CCC(c2cc3ccccc3[nH]2)C1. The Morgan fingerprint density at radius 3 is 2.90 bits per heavy atom. The predicted octanol–water partition coefficient (Wildman–Crippen LogP) is 3.09. The third-order valence-electron chi connectivity index (χ3n) is 4.29. The number of fused-ring (bicyclic) bond motifs is 1. The smallest absolute Gasteiger partial charge is 0.214 e. The number of nitrogens with zero attached hydrogens (tertiary/aromatic N) is 1. The number of unbranched alkanes of at least 4 members (excludes halogenated alkanes) is 1. The van der Waals surface area contributed by atoms with E-state index in [1.54, 1.807) is 4.31 Å². The molecule has 1 aromatic heterocycles. The first-order chi connectivity index (χ1) is 10.1. The lowest BCUT2D eigenvalue weighted by Crippen LogP contribution is -2.30. The Balaban J connectivity index is 1.74. The van der Waals surface area contributed by atoms with Crippen LogP contribution in [0.1, 0.15) is 37.8 Å². The van der Waals surface area contributed by atoms with Gasteiger partial charge in [0.15, 0.2) is 0 Å². The Hall–Kier alpha value is -1.33. The molecule has 1 aromatic carbocycles. The lowest BCUT2D eigenvalue weighted by Gasteiger charge is -2.16. The summed E-state index contributed by atoms with van der Waals surface area (Å²) < 4.78 is 26.2. The highest BCUT2D eigenvalue weighted by atomic mass is 32.2. The molecule has 2 heterocycles. The van der Waals surface area contributed by atoms with Gasteiger partial charge in [-0.15, -0.1) is 0 Å². The minimum absolute atomic E-state index is 0.281. The summed E-state index contributed by atoms with van der Waals surface area (Å²) in [6.07, 6.45) is 2.56. The van der Waals surface area contributed by atoms with E-state index < -0.39 is 10.0 Å². The third kappa shape index (κ3) is 2.99. The Bertz CT molecular complexity index is 688. The summed E-state index contributed by atoms with van der Waals surface area (Å²) in [7, 11) is -3.07. The van der Waals surface area contributed by atoms with Gasteiger partial charge in [-0.1, -0.05) is 31.5 Å². The fourth-order valence-corrected chi connectivity index (χ4v) is 4.71. The van der Waals surface area contributed by atoms with Crippen molar-refractivity contribution >= 4 is 20.9 Å². The second-order valence-electron chi connectivity index (χ2n) is 5.83. The Kier molecular flexibility index (Phi) is 4.04. The van der Waals surface area contributed by atoms with Crippen molar-refractivity contribution < 1.29 is 8.42 Å². The molecule has 1 saturated heterocycles. The maximum absolute atomic E-state index is 12.3. The average Bonchev–Trinajstić information content (AvgIpc) is 3.11. The van der Waals surface area contributed by atoms with E-state index in [0.717, 1.165) is 30.5 Å². The zero-order valence-electron chi connectivity index (χ0n) is 12.4. The van der Waals surface area contributed by atoms with Gasteiger partial charge in [0, 0.05) is 30.2 Å². The number of nitrogens with one attached hydrogen (secondary N) is 1. The standard InChI is InChI=1S/C16H22N2O2S/c1-2-3-10-21(19,20)18-9-8-14(12-18)16-11-13-6-4-5-7-15(13)17-16/h4-7,11,14,17H,2-3,8-10,12H2,1H3. The summed E-state index contributed by atoms with van der Waals surface area (Å²) in [6.45, 7) is 3.28. The zero-order valence-corrected chi connectivity index (χ0v) is 13.2. The van der Waals surface area contributed by atoms with Crippen LogP contribution >= 0.6 is 0 Å². The Morgan fingerprint density at radius 2 is 2.14 bits per heavy atom. The molecule has 5 heteroatoms. The maximum Gasteiger partial charge on any atom is 0.214 e. The molecule has 114 valence electrons. The molecule has 1 aliphatic rings. The first kappa shape index (κ1) is 14.6. The highest BCUT2D eigenvalue weighted by molar-refractivity contribution is 7.89. The van der Waals surface area contributed by atoms with Crippen LogP contribution in [0.15, 0.2) is 30.3 Å². The van der Waals surface area contributed by atoms with Crippen molar-refractivity contribution in [2.24, 2.45) is 0 Å². The summed E-state index contributed by atoms with van der Waals surface area (Å²) in [5.74, 6) is 0.567. The van der Waals surface area contributed by atoms with Crippen LogP contribution in [-0.2, 0) is 10.0 Å². The second kappa shape index (κ2) is 5.81. The van der Waals surface area contributed by atoms with Gasteiger partial charge in [-0.05, 0) is 30.4 Å². The normalized spacial score (nSPS) is 20.3. The van der Waals surface area contributed by atoms with Crippen LogP contribution in [0.2, 0.25) is 0 Å². The van der Waals surface area contributed by atoms with E-state index in [2.05, 4.69) is 23.2 Å². The fraction of sp³-hybridized carbons (Fsp3) is 0.500. The molecule has 3 rings (SSSR count). The van der Waals surface area contributed by atoms with Crippen molar-refractivity contribution in [2.45, 2.75) is 32.1 Å². The molecule has 21 heavy (non-hydrogen) atoms. The third-order valence-corrected chi connectivity index (χ3v) is 6.21. The summed E-state index contributed by atoms with van der Waals surface area (Å²) in [5.41, 5.74) is 2.28. The average molecular weight is 306 g/mol. The lowest BCUT2D eigenvalue weighted by atomic mass is 10.1. The van der Waals surface area contributed by atoms with Gasteiger partial charge in [0.05, 0.1) is 5.75 Å². The summed E-state index contributed by atoms with van der Waals surface area (Å²) in [6, 6.07) is 10.3. The monoisotopic (exact) mass is 306 g/mol. The first-order valence-corrected chi connectivity index (χ1v) is 9.26. The van der Waals surface area contributed by atoms with E-state index in [4.69, 9.17) is 0 Å². The summed E-state index contributed by atoms with van der Waals surface area (Å²) in [5, 5.41) is 1.19. The molecule has 4 nitrogen and oxygen atoms in total. The van der Waals surface area contributed by atoms with Crippen molar-refractivity contribution in [1.82, 2.24) is 9.29 Å². The molecular weight excluding hydrogens is 284 g/mol. The molecule has 1 N–H and O–H groups in total. The van der Waals surface area contributed by atoms with Gasteiger partial charge in [-0.3, -0.25) is 0 Å². The summed E-state index contributed by atoms with van der Waals surface area (Å²) >= 11 is 0. The fourth-order valence-electron chi connectivity index (χ4n) is 3.01. The molecule has 0 saturated carbocycles. The van der Waals surface area contributed by atoms with Crippen molar-refractivity contribution in [1.29, 1.82) is 0 Å². The number of rotatable bonds is 5. The molecule has 0 amide bonds. The van der Waals surface area contributed by atoms with Crippen LogP contribution in [0.25, 0.3) is 10.9 Å². The Morgan fingerprint density at radius 1 is 1.33 bits per heavy atom. The van der Waals surface area contributed by atoms with Crippen LogP contribution in [0.3, 0.4) is 0 Å². The highest BCUT2D eigenvalue weighted by Crippen LogP contribution is 2.30. The number of aromatic amines is 1. The lowest BCUT2D eigenvalue weighted by molar-refractivity contribution is 0.470. The molecule has 0 radical (unpaired) electrons. The van der Waals surface area contributed by atoms with Crippen molar-refractivity contribution in [3.05, 3.63) is 36.0 Å². The number of hydrogen-bond acceptors (Lipinski definition) is 2. The molecule has 1 atom stereocenters. The van der Waals surface area contributed by atoms with Gasteiger partial charge in [0.25, 0.3) is 0 Å². The molecule has 0 bridgehead atoms. The number of para-hydroxylation sites is 1. The Labute approximate surface area is 126 Å². The van der Waals surface area contributed by atoms with Crippen molar-refractivity contribution in [3.8, 4) is 0 Å². The second-order valence-corrected chi connectivity index (χ2v) is 7.91. The van der Waals surface area contributed by atoms with E-state index in [1.165, 1.54) is 5.39 Å². The van der Waals surface area contributed by atoms with E-state index in [9.17, 15) is 8.42 Å². The van der Waals surface area contributed by atoms with E-state index in [1.807, 2.05) is 19.1 Å². The van der Waals surface area contributed by atoms with E-state index in [-0.39, 0.29) is 11.7 Å². The molecule has 0 spiro atoms. The minimum atomic E-state index is -3.07. The quantitative estimate of drug-likeness (QED) is 0.923. The van der Waals surface area contributed by atoms with Gasteiger partial charge in [0.1, 0.15) is 0 Å². The maximum atomic E-state index is 12.3. The van der Waals surface area contributed by atoms with Crippen molar-refractivity contribution in [2.75, 3.05) is 18.8 Å². The van der Waals surface area contributed by atoms with Crippen LogP contribution < -0.4 is 0 Å². The number of sulfonamides is 1. The van der Waals surface area contributed by atoms with Crippen LogP contribution in [0.5, 0.6) is 0 Å². The highest BCUT2D eigenvalue weighted by Gasteiger charge is 2.32. The molecule has 1 unspecified atom stereocenters. The number of H-pyrrole nitrogens is 1. The van der Waals surface area contributed by atoms with Crippen LogP contribution in [0, 0.1) is 0 Å². The largest absolute Gasteiger partial charge is 0.358 e. The van der Waals surface area contributed by atoms with E-state index >= 15 is 0 Å². The number of benzene rings is 1. The first-order valence-electron chi connectivity index (χ1n) is 7.65. The zero-order chi connectivity index (χ0) is 14.9. The molecule has 2 aromatic rings. The molecule has 1 aliphatic heterocycles. The minimum Gasteiger partial charge on any atom is -0.358 e. The summed E-state index contributed by atoms with van der Waals surface area (Å²) in [4.78, 5) is 3.43. The molecular formula is C16H22N2O2S. The number of aromatic nitrogens is 1. The van der Waals surface area contributed by atoms with Gasteiger partial charge in [-0.2, -0.15) is 0 Å². The van der Waals surface area contributed by atoms with Gasteiger partial charge < -0.3 is 4.98 Å². The van der Waals surface area contributed by atoms with Crippen LogP contribution in [-0.4, -0.2) is 36.5 Å². The number of hydrogen-bond donors (Lipinski definition) is 1. The molecule has 1 fully saturated rings. The topological polar surface area (TPSA) is 53.2 Å².